The highest BCUT2D eigenvalue weighted by atomic mass is 16.5. The fourth-order valence-corrected chi connectivity index (χ4v) is 5.35. The minimum absolute atomic E-state index is 0.0711. The summed E-state index contributed by atoms with van der Waals surface area (Å²) in [5.74, 6) is 2.29. The van der Waals surface area contributed by atoms with Crippen molar-refractivity contribution in [1.29, 1.82) is 0 Å². The van der Waals surface area contributed by atoms with E-state index in [0.717, 1.165) is 17.2 Å². The number of nitrogens with zero attached hydrogens (tertiary/aromatic N) is 2. The van der Waals surface area contributed by atoms with E-state index in [9.17, 15) is 4.79 Å². The Labute approximate surface area is 213 Å². The summed E-state index contributed by atoms with van der Waals surface area (Å²) in [4.78, 5) is 15.1. The second kappa shape index (κ2) is 10.4. The Kier molecular flexibility index (Phi) is 6.73. The van der Waals surface area contributed by atoms with Crippen LogP contribution in [0.2, 0.25) is 0 Å². The van der Waals surface area contributed by atoms with Gasteiger partial charge in [-0.2, -0.15) is 4.57 Å². The number of hydrogen-bond acceptors (Lipinski definition) is 3. The van der Waals surface area contributed by atoms with Crippen molar-refractivity contribution in [3.8, 4) is 5.75 Å². The summed E-state index contributed by atoms with van der Waals surface area (Å²) in [5, 5.41) is 0. The largest absolute Gasteiger partial charge is 0.483 e. The molecule has 1 amide bonds. The molecule has 1 aliphatic heterocycles. The van der Waals surface area contributed by atoms with Gasteiger partial charge < -0.3 is 14.4 Å². The van der Waals surface area contributed by atoms with Crippen molar-refractivity contribution in [2.45, 2.75) is 63.2 Å². The van der Waals surface area contributed by atoms with Gasteiger partial charge in [0.25, 0.3) is 12.1 Å². The molecule has 3 aliphatic rings. The number of benzene rings is 2. The van der Waals surface area contributed by atoms with Gasteiger partial charge in [-0.3, -0.25) is 4.79 Å². The predicted molar refractivity (Wildman–Crippen MR) is 138 cm³/mol. The minimum Gasteiger partial charge on any atom is -0.483 e. The minimum atomic E-state index is -0.234. The number of ether oxygens (including phenoxy) is 2. The lowest BCUT2D eigenvalue weighted by molar-refractivity contribution is -0.764. The van der Waals surface area contributed by atoms with E-state index in [2.05, 4.69) is 36.4 Å². The van der Waals surface area contributed by atoms with Gasteiger partial charge in [0.15, 0.2) is 11.9 Å². The van der Waals surface area contributed by atoms with Gasteiger partial charge in [0.05, 0.1) is 6.61 Å². The molecule has 6 rings (SSSR count). The molecule has 2 aliphatic carbocycles. The van der Waals surface area contributed by atoms with Crippen LogP contribution in [0, 0.1) is 0 Å². The van der Waals surface area contributed by atoms with Crippen LogP contribution in [0.5, 0.6) is 5.75 Å². The van der Waals surface area contributed by atoms with Crippen molar-refractivity contribution < 1.29 is 18.8 Å². The summed E-state index contributed by atoms with van der Waals surface area (Å²) in [5.41, 5.74) is 4.73. The molecule has 0 spiro atoms. The molecule has 36 heavy (non-hydrogen) atoms. The maximum absolute atomic E-state index is 13.2. The van der Waals surface area contributed by atoms with Gasteiger partial charge in [-0.1, -0.05) is 49.2 Å². The van der Waals surface area contributed by atoms with Crippen molar-refractivity contribution in [2.24, 2.45) is 0 Å². The van der Waals surface area contributed by atoms with E-state index >= 15 is 0 Å². The Morgan fingerprint density at radius 2 is 1.58 bits per heavy atom. The highest BCUT2D eigenvalue weighted by Gasteiger charge is 2.31. The molecule has 1 atom stereocenters. The Balaban J connectivity index is 1.07. The summed E-state index contributed by atoms with van der Waals surface area (Å²) in [6.07, 6.45) is 11.6. The molecule has 2 heterocycles. The molecule has 1 aromatic heterocycles. The molecule has 1 saturated heterocycles. The van der Waals surface area contributed by atoms with Crippen LogP contribution in [0.15, 0.2) is 73.1 Å². The monoisotopic (exact) mass is 483 g/mol. The van der Waals surface area contributed by atoms with E-state index in [-0.39, 0.29) is 12.1 Å². The van der Waals surface area contributed by atoms with Gasteiger partial charge in [0.1, 0.15) is 13.2 Å². The fraction of sp³-hybridized carbons (Fsp3) is 0.419. The maximum atomic E-state index is 13.2. The molecule has 2 saturated carbocycles. The normalized spacial score (nSPS) is 20.4. The molecule has 0 N–H and O–H groups in total. The van der Waals surface area contributed by atoms with Crippen LogP contribution < -0.4 is 9.30 Å². The quantitative estimate of drug-likeness (QED) is 0.401. The van der Waals surface area contributed by atoms with Crippen molar-refractivity contribution in [3.05, 3.63) is 95.3 Å². The molecule has 5 nitrogen and oxygen atoms in total. The van der Waals surface area contributed by atoms with Crippen molar-refractivity contribution in [3.63, 3.8) is 0 Å². The van der Waals surface area contributed by atoms with Crippen LogP contribution in [0.4, 0.5) is 0 Å². The second-order valence-electron chi connectivity index (χ2n) is 10.5. The molecule has 3 aromatic rings. The van der Waals surface area contributed by atoms with E-state index < -0.39 is 0 Å². The van der Waals surface area contributed by atoms with Gasteiger partial charge in [-0.15, -0.1) is 0 Å². The fourth-order valence-electron chi connectivity index (χ4n) is 5.35. The summed E-state index contributed by atoms with van der Waals surface area (Å²) < 4.78 is 14.1. The topological polar surface area (TPSA) is 42.7 Å². The molecular formula is C31H35N2O3+. The molecule has 1 unspecified atom stereocenters. The lowest BCUT2D eigenvalue weighted by Gasteiger charge is -2.30. The number of hydrogen-bond donors (Lipinski definition) is 0. The van der Waals surface area contributed by atoms with Crippen LogP contribution in [-0.2, 0) is 11.3 Å². The molecule has 0 bridgehead atoms. The van der Waals surface area contributed by atoms with Crippen molar-refractivity contribution >= 4 is 5.91 Å². The third-order valence-corrected chi connectivity index (χ3v) is 8.16. The lowest BCUT2D eigenvalue weighted by atomic mass is 9.80. The highest BCUT2D eigenvalue weighted by Crippen LogP contribution is 2.37. The van der Waals surface area contributed by atoms with Crippen LogP contribution in [0.1, 0.15) is 83.6 Å². The van der Waals surface area contributed by atoms with Crippen molar-refractivity contribution in [1.82, 2.24) is 4.90 Å². The number of carbonyl (C=O) groups is 1. The second-order valence-corrected chi connectivity index (χ2v) is 10.5. The van der Waals surface area contributed by atoms with Gasteiger partial charge >= 0.3 is 0 Å². The Morgan fingerprint density at radius 1 is 0.917 bits per heavy atom. The molecule has 3 fully saturated rings. The molecule has 5 heteroatoms. The number of amides is 1. The van der Waals surface area contributed by atoms with Crippen molar-refractivity contribution in [2.75, 3.05) is 19.7 Å². The third-order valence-electron chi connectivity index (χ3n) is 8.16. The molecule has 2 aromatic carbocycles. The van der Waals surface area contributed by atoms with E-state index in [0.29, 0.717) is 32.2 Å². The SMILES string of the molecule is O=C(c1ccc(C2CCC2)cc1)N1CCOC([n+]2cccc(OCc3ccc(C4CCC4)cc3)c2)C1. The summed E-state index contributed by atoms with van der Waals surface area (Å²) in [6, 6.07) is 21.0. The summed E-state index contributed by atoms with van der Waals surface area (Å²) >= 11 is 0. The lowest BCUT2D eigenvalue weighted by Crippen LogP contribution is -2.53. The number of rotatable bonds is 7. The van der Waals surface area contributed by atoms with Gasteiger partial charge in [0, 0.05) is 18.2 Å². The van der Waals surface area contributed by atoms with Gasteiger partial charge in [0.2, 0.25) is 6.20 Å². The van der Waals surface area contributed by atoms with Crippen LogP contribution >= 0.6 is 0 Å². The summed E-state index contributed by atoms with van der Waals surface area (Å²) in [7, 11) is 0. The first-order chi connectivity index (χ1) is 17.7. The molecular weight excluding hydrogens is 448 g/mol. The molecule has 0 radical (unpaired) electrons. The first kappa shape index (κ1) is 23.2. The van der Waals surface area contributed by atoms with E-state index in [1.165, 1.54) is 55.2 Å². The average molecular weight is 484 g/mol. The smallest absolute Gasteiger partial charge is 0.280 e. The Hall–Kier alpha value is -3.18. The van der Waals surface area contributed by atoms with E-state index in [1.807, 2.05) is 46.1 Å². The summed E-state index contributed by atoms with van der Waals surface area (Å²) in [6.45, 7) is 2.16. The van der Waals surface area contributed by atoms with E-state index in [1.54, 1.807) is 0 Å². The molecule has 186 valence electrons. The zero-order chi connectivity index (χ0) is 24.3. The van der Waals surface area contributed by atoms with Gasteiger partial charge in [-0.05, 0) is 72.4 Å². The standard InChI is InChI=1S/C31H35N2O3/c34-31(28-15-13-27(14-16-28)25-6-2-7-25)33-18-19-35-30(21-33)32-17-3-8-29(20-32)36-22-23-9-11-26(12-10-23)24-4-1-5-24/h3,8-17,20,24-25,30H,1-2,4-7,18-19,21-22H2/q+1. The van der Waals surface area contributed by atoms with Crippen LogP contribution in [-0.4, -0.2) is 30.5 Å². The number of aromatic nitrogens is 1. The van der Waals surface area contributed by atoms with Crippen LogP contribution in [0.25, 0.3) is 0 Å². The number of carbonyl (C=O) groups excluding carboxylic acids is 1. The Bertz CT molecular complexity index is 1180. The zero-order valence-corrected chi connectivity index (χ0v) is 20.9. The third kappa shape index (κ3) is 5.03. The maximum Gasteiger partial charge on any atom is 0.280 e. The van der Waals surface area contributed by atoms with Gasteiger partial charge in [-0.25, -0.2) is 0 Å². The first-order valence-electron chi connectivity index (χ1n) is 13.5. The number of pyridine rings is 1. The predicted octanol–water partition coefficient (Wildman–Crippen LogP) is 5.76. The van der Waals surface area contributed by atoms with E-state index in [4.69, 9.17) is 9.47 Å². The Morgan fingerprint density at radius 3 is 2.22 bits per heavy atom. The highest BCUT2D eigenvalue weighted by molar-refractivity contribution is 5.94. The average Bonchev–Trinajstić information content (AvgIpc) is 2.87. The van der Waals surface area contributed by atoms with Crippen LogP contribution in [0.3, 0.4) is 0 Å². The first-order valence-corrected chi connectivity index (χ1v) is 13.5. The number of morpholine rings is 1. The zero-order valence-electron chi connectivity index (χ0n) is 20.9.